The van der Waals surface area contributed by atoms with Crippen LogP contribution >= 0.6 is 22.9 Å². The Morgan fingerprint density at radius 2 is 2.00 bits per heavy atom. The van der Waals surface area contributed by atoms with Gasteiger partial charge in [0.15, 0.2) is 0 Å². The molecule has 0 saturated carbocycles. The number of methoxy groups -OCH3 is 2. The van der Waals surface area contributed by atoms with Crippen LogP contribution in [0.4, 0.5) is 5.69 Å². The molecule has 0 fully saturated rings. The molecule has 7 nitrogen and oxygen atoms in total. The first kappa shape index (κ1) is 20.7. The average molecular weight is 448 g/mol. The number of hydrogen-bond acceptors (Lipinski definition) is 6. The average Bonchev–Trinajstić information content (AvgIpc) is 3.13. The smallest absolute Gasteiger partial charge is 0.262 e. The Morgan fingerprint density at radius 3 is 2.77 bits per heavy atom. The number of thiophene rings is 1. The summed E-state index contributed by atoms with van der Waals surface area (Å²) in [7, 11) is 3.01. The van der Waals surface area contributed by atoms with E-state index in [0.717, 1.165) is 41.5 Å². The number of hydrogen-bond donors (Lipinski definition) is 1. The Morgan fingerprint density at radius 1 is 1.23 bits per heavy atom. The lowest BCUT2D eigenvalue weighted by Gasteiger charge is -2.13. The molecule has 0 saturated heterocycles. The molecule has 2 heterocycles. The summed E-state index contributed by atoms with van der Waals surface area (Å²) >= 11 is 7.77. The van der Waals surface area contributed by atoms with Crippen molar-refractivity contribution in [2.24, 2.45) is 0 Å². The van der Waals surface area contributed by atoms with Gasteiger partial charge in [-0.3, -0.25) is 14.2 Å². The Labute approximate surface area is 182 Å². The molecule has 1 amide bonds. The highest BCUT2D eigenvalue weighted by atomic mass is 35.5. The summed E-state index contributed by atoms with van der Waals surface area (Å²) in [6.07, 6.45) is 5.85. The molecule has 0 unspecified atom stereocenters. The first-order valence-corrected chi connectivity index (χ1v) is 10.9. The van der Waals surface area contributed by atoms with Gasteiger partial charge in [0, 0.05) is 23.9 Å². The van der Waals surface area contributed by atoms with Crippen LogP contribution in [0.15, 0.2) is 23.3 Å². The van der Waals surface area contributed by atoms with E-state index in [9.17, 15) is 9.59 Å². The molecule has 0 bridgehead atoms. The second kappa shape index (κ2) is 8.65. The maximum Gasteiger partial charge on any atom is 0.262 e. The van der Waals surface area contributed by atoms with Crippen molar-refractivity contribution in [3.63, 3.8) is 0 Å². The molecule has 1 aromatic carbocycles. The summed E-state index contributed by atoms with van der Waals surface area (Å²) in [4.78, 5) is 32.0. The van der Waals surface area contributed by atoms with Crippen molar-refractivity contribution in [3.05, 3.63) is 44.3 Å². The number of carbonyl (C=O) groups is 1. The van der Waals surface area contributed by atoms with E-state index in [-0.39, 0.29) is 24.4 Å². The molecule has 1 N–H and O–H groups in total. The minimum Gasteiger partial charge on any atom is -0.495 e. The lowest BCUT2D eigenvalue weighted by Crippen LogP contribution is -2.24. The highest BCUT2D eigenvalue weighted by molar-refractivity contribution is 7.18. The van der Waals surface area contributed by atoms with Crippen molar-refractivity contribution in [1.82, 2.24) is 9.55 Å². The molecule has 9 heteroatoms. The summed E-state index contributed by atoms with van der Waals surface area (Å²) in [5.74, 6) is 0.639. The van der Waals surface area contributed by atoms with Gasteiger partial charge in [0.1, 0.15) is 16.3 Å². The van der Waals surface area contributed by atoms with Crippen LogP contribution in [-0.2, 0) is 24.2 Å². The fraction of sp³-hybridized carbons (Fsp3) is 0.381. The SMILES string of the molecule is COc1cc(OC)c(NC(=O)CCn2cnc3sc4c(c3c2=O)CCCC4)cc1Cl. The third-order valence-corrected chi connectivity index (χ3v) is 6.76. The number of amides is 1. The van der Waals surface area contributed by atoms with E-state index >= 15 is 0 Å². The summed E-state index contributed by atoms with van der Waals surface area (Å²) in [5.41, 5.74) is 1.52. The van der Waals surface area contributed by atoms with Crippen LogP contribution in [0.25, 0.3) is 10.2 Å². The van der Waals surface area contributed by atoms with Crippen molar-refractivity contribution in [2.75, 3.05) is 19.5 Å². The molecule has 3 aromatic rings. The molecule has 0 radical (unpaired) electrons. The second-order valence-electron chi connectivity index (χ2n) is 7.12. The Bertz CT molecular complexity index is 1170. The number of aryl methyl sites for hydroxylation is 3. The van der Waals surface area contributed by atoms with Crippen LogP contribution in [0.1, 0.15) is 29.7 Å². The van der Waals surface area contributed by atoms with Crippen LogP contribution < -0.4 is 20.3 Å². The molecular weight excluding hydrogens is 426 g/mol. The predicted molar refractivity (Wildman–Crippen MR) is 118 cm³/mol. The summed E-state index contributed by atoms with van der Waals surface area (Å²) < 4.78 is 12.0. The van der Waals surface area contributed by atoms with Crippen molar-refractivity contribution in [1.29, 1.82) is 0 Å². The topological polar surface area (TPSA) is 82.4 Å². The van der Waals surface area contributed by atoms with Gasteiger partial charge in [-0.05, 0) is 37.3 Å². The molecule has 1 aliphatic rings. The van der Waals surface area contributed by atoms with Gasteiger partial charge in [-0.25, -0.2) is 4.98 Å². The maximum atomic E-state index is 13.0. The molecule has 158 valence electrons. The van der Waals surface area contributed by atoms with E-state index < -0.39 is 0 Å². The highest BCUT2D eigenvalue weighted by Gasteiger charge is 2.20. The normalized spacial score (nSPS) is 13.2. The lowest BCUT2D eigenvalue weighted by atomic mass is 9.97. The number of anilines is 1. The molecular formula is C21H22ClN3O4S. The minimum atomic E-state index is -0.256. The quantitative estimate of drug-likeness (QED) is 0.616. The summed E-state index contributed by atoms with van der Waals surface area (Å²) in [6.45, 7) is 0.241. The number of rotatable bonds is 6. The molecule has 4 rings (SSSR count). The van der Waals surface area contributed by atoms with E-state index in [1.54, 1.807) is 23.5 Å². The maximum absolute atomic E-state index is 13.0. The van der Waals surface area contributed by atoms with Crippen LogP contribution in [0, 0.1) is 0 Å². The zero-order chi connectivity index (χ0) is 21.3. The van der Waals surface area contributed by atoms with Gasteiger partial charge in [0.2, 0.25) is 5.91 Å². The lowest BCUT2D eigenvalue weighted by molar-refractivity contribution is -0.116. The second-order valence-corrected chi connectivity index (χ2v) is 8.61. The fourth-order valence-corrected chi connectivity index (χ4v) is 5.19. The van der Waals surface area contributed by atoms with Crippen LogP contribution in [0.2, 0.25) is 5.02 Å². The largest absolute Gasteiger partial charge is 0.495 e. The first-order valence-electron chi connectivity index (χ1n) is 9.73. The van der Waals surface area contributed by atoms with Crippen LogP contribution in [0.5, 0.6) is 11.5 Å². The first-order chi connectivity index (χ1) is 14.5. The molecule has 30 heavy (non-hydrogen) atoms. The van der Waals surface area contributed by atoms with E-state index in [2.05, 4.69) is 10.3 Å². The number of carbonyl (C=O) groups excluding carboxylic acids is 1. The van der Waals surface area contributed by atoms with Gasteiger partial charge in [0.05, 0.1) is 36.6 Å². The standard InChI is InChI=1S/C21H22ClN3O4S/c1-28-15-10-16(29-2)14(9-13(15)22)24-18(26)7-8-25-11-23-20-19(21(25)27)12-5-3-4-6-17(12)30-20/h9-11H,3-8H2,1-2H3,(H,24,26). The predicted octanol–water partition coefficient (Wildman–Crippen LogP) is 4.04. The van der Waals surface area contributed by atoms with Gasteiger partial charge in [-0.15, -0.1) is 11.3 Å². The van der Waals surface area contributed by atoms with E-state index in [1.807, 2.05) is 0 Å². The fourth-order valence-electron chi connectivity index (χ4n) is 3.73. The highest BCUT2D eigenvalue weighted by Crippen LogP contribution is 2.36. The zero-order valence-electron chi connectivity index (χ0n) is 16.8. The monoisotopic (exact) mass is 447 g/mol. The molecule has 0 atom stereocenters. The van der Waals surface area contributed by atoms with Gasteiger partial charge in [-0.1, -0.05) is 11.6 Å². The number of fused-ring (bicyclic) bond motifs is 3. The van der Waals surface area contributed by atoms with E-state index in [0.29, 0.717) is 22.2 Å². The van der Waals surface area contributed by atoms with Crippen molar-refractivity contribution >= 4 is 44.7 Å². The minimum absolute atomic E-state index is 0.0720. The molecule has 0 aliphatic heterocycles. The summed E-state index contributed by atoms with van der Waals surface area (Å²) in [6, 6.07) is 3.19. The zero-order valence-corrected chi connectivity index (χ0v) is 18.4. The number of halogens is 1. The molecule has 1 aliphatic carbocycles. The van der Waals surface area contributed by atoms with Crippen LogP contribution in [0.3, 0.4) is 0 Å². The van der Waals surface area contributed by atoms with E-state index in [4.69, 9.17) is 21.1 Å². The number of nitrogens with zero attached hydrogens (tertiary/aromatic N) is 2. The third kappa shape index (κ3) is 3.89. The molecule has 2 aromatic heterocycles. The van der Waals surface area contributed by atoms with Gasteiger partial charge < -0.3 is 14.8 Å². The summed E-state index contributed by atoms with van der Waals surface area (Å²) in [5, 5.41) is 3.87. The van der Waals surface area contributed by atoms with Crippen molar-refractivity contribution in [2.45, 2.75) is 38.6 Å². The number of nitrogens with one attached hydrogen (secondary N) is 1. The Balaban J connectivity index is 1.51. The Hall–Kier alpha value is -2.58. The van der Waals surface area contributed by atoms with Crippen LogP contribution in [-0.4, -0.2) is 29.7 Å². The third-order valence-electron chi connectivity index (χ3n) is 5.27. The van der Waals surface area contributed by atoms with Gasteiger partial charge in [-0.2, -0.15) is 0 Å². The van der Waals surface area contributed by atoms with Crippen molar-refractivity contribution < 1.29 is 14.3 Å². The van der Waals surface area contributed by atoms with Gasteiger partial charge >= 0.3 is 0 Å². The number of aromatic nitrogens is 2. The van der Waals surface area contributed by atoms with Crippen molar-refractivity contribution in [3.8, 4) is 11.5 Å². The number of ether oxygens (including phenoxy) is 2. The number of benzene rings is 1. The molecule has 0 spiro atoms. The van der Waals surface area contributed by atoms with Gasteiger partial charge in [0.25, 0.3) is 5.56 Å². The Kier molecular flexibility index (Phi) is 5.97. The van der Waals surface area contributed by atoms with E-state index in [1.165, 1.54) is 30.0 Å².